The second kappa shape index (κ2) is 11.4. The highest BCUT2D eigenvalue weighted by atomic mass is 32.1. The van der Waals surface area contributed by atoms with Crippen LogP contribution in [-0.4, -0.2) is 29.2 Å². The highest BCUT2D eigenvalue weighted by Gasteiger charge is 2.15. The molecule has 4 rings (SSSR count). The molecule has 0 radical (unpaired) electrons. The van der Waals surface area contributed by atoms with Crippen LogP contribution in [0.3, 0.4) is 0 Å². The Balaban J connectivity index is 1.53. The maximum Gasteiger partial charge on any atom is 0.257 e. The number of anilines is 1. The molecule has 0 saturated heterocycles. The lowest BCUT2D eigenvalue weighted by molar-refractivity contribution is 0.0977. The van der Waals surface area contributed by atoms with Crippen molar-refractivity contribution in [1.82, 2.24) is 10.3 Å². The van der Waals surface area contributed by atoms with E-state index in [4.69, 9.17) is 31.1 Å². The average Bonchev–Trinajstić information content (AvgIpc) is 3.31. The summed E-state index contributed by atoms with van der Waals surface area (Å²) < 4.78 is 17.2. The number of nitrogens with zero attached hydrogens (tertiary/aromatic N) is 1. The number of nitrogens with one attached hydrogen (secondary N) is 2. The zero-order chi connectivity index (χ0) is 26.5. The Morgan fingerprint density at radius 1 is 1.08 bits per heavy atom. The fourth-order valence-electron chi connectivity index (χ4n) is 3.86. The van der Waals surface area contributed by atoms with Crippen molar-refractivity contribution in [3.05, 3.63) is 71.8 Å². The number of methoxy groups -OCH3 is 1. The predicted molar refractivity (Wildman–Crippen MR) is 151 cm³/mol. The van der Waals surface area contributed by atoms with Gasteiger partial charge in [0.2, 0.25) is 5.89 Å². The van der Waals surface area contributed by atoms with E-state index in [0.717, 1.165) is 23.1 Å². The standard InChI is InChI=1S/C29H31N3O4S/c1-6-18(4)19-10-13-26-24(15-19)30-28(36-26)21-11-12-25(34-5)23(16-21)31-29(37)32-27(33)20-8-7-9-22(14-20)35-17(2)3/h7-18H,6H2,1-5H3,(H2,31,32,33,37)/t18-/m1/s1. The first-order chi connectivity index (χ1) is 17.8. The molecule has 192 valence electrons. The molecule has 37 heavy (non-hydrogen) atoms. The van der Waals surface area contributed by atoms with Gasteiger partial charge in [-0.05, 0) is 92.5 Å². The number of carbonyl (C=O) groups excluding carboxylic acids is 1. The van der Waals surface area contributed by atoms with E-state index in [-0.39, 0.29) is 17.1 Å². The minimum absolute atomic E-state index is 0.00370. The van der Waals surface area contributed by atoms with Crippen LogP contribution in [0.5, 0.6) is 11.5 Å². The Kier molecular flexibility index (Phi) is 8.08. The highest BCUT2D eigenvalue weighted by Crippen LogP contribution is 2.33. The summed E-state index contributed by atoms with van der Waals surface area (Å²) in [5, 5.41) is 5.90. The lowest BCUT2D eigenvalue weighted by Gasteiger charge is -2.14. The van der Waals surface area contributed by atoms with Gasteiger partial charge in [0, 0.05) is 11.1 Å². The fraction of sp³-hybridized carbons (Fsp3) is 0.276. The molecule has 0 aliphatic carbocycles. The second-order valence-electron chi connectivity index (χ2n) is 9.07. The third-order valence-corrected chi connectivity index (χ3v) is 6.19. The van der Waals surface area contributed by atoms with Crippen LogP contribution < -0.4 is 20.1 Å². The Morgan fingerprint density at radius 2 is 1.89 bits per heavy atom. The summed E-state index contributed by atoms with van der Waals surface area (Å²) in [5.74, 6) is 1.76. The van der Waals surface area contributed by atoms with Crippen LogP contribution in [0.4, 0.5) is 5.69 Å². The van der Waals surface area contributed by atoms with E-state index in [1.165, 1.54) is 5.56 Å². The van der Waals surface area contributed by atoms with Gasteiger partial charge in [0.25, 0.3) is 5.91 Å². The fourth-order valence-corrected chi connectivity index (χ4v) is 4.06. The van der Waals surface area contributed by atoms with Crippen LogP contribution in [0.15, 0.2) is 65.1 Å². The van der Waals surface area contributed by atoms with Crippen LogP contribution in [0.1, 0.15) is 56.0 Å². The molecule has 1 atom stereocenters. The number of ether oxygens (including phenoxy) is 2. The molecule has 3 aromatic carbocycles. The zero-order valence-corrected chi connectivity index (χ0v) is 22.4. The molecule has 0 aliphatic rings. The van der Waals surface area contributed by atoms with Gasteiger partial charge in [-0.2, -0.15) is 0 Å². The van der Waals surface area contributed by atoms with Crippen molar-refractivity contribution in [2.45, 2.75) is 46.1 Å². The topological polar surface area (TPSA) is 85.6 Å². The highest BCUT2D eigenvalue weighted by molar-refractivity contribution is 7.80. The van der Waals surface area contributed by atoms with E-state index in [1.807, 2.05) is 32.0 Å². The average molecular weight is 518 g/mol. The quantitative estimate of drug-likeness (QED) is 0.245. The molecule has 0 aliphatic heterocycles. The molecule has 1 heterocycles. The lowest BCUT2D eigenvalue weighted by Crippen LogP contribution is -2.34. The number of amides is 1. The van der Waals surface area contributed by atoms with Gasteiger partial charge in [-0.25, -0.2) is 4.98 Å². The van der Waals surface area contributed by atoms with E-state index in [9.17, 15) is 4.79 Å². The zero-order valence-electron chi connectivity index (χ0n) is 21.6. The summed E-state index contributed by atoms with van der Waals surface area (Å²) in [6.45, 7) is 8.22. The van der Waals surface area contributed by atoms with Crippen molar-refractivity contribution < 1.29 is 18.7 Å². The van der Waals surface area contributed by atoms with Crippen LogP contribution >= 0.6 is 12.2 Å². The molecule has 1 amide bonds. The Morgan fingerprint density at radius 3 is 2.62 bits per heavy atom. The smallest absolute Gasteiger partial charge is 0.257 e. The number of hydrogen-bond donors (Lipinski definition) is 2. The van der Waals surface area contributed by atoms with Crippen molar-refractivity contribution in [3.8, 4) is 23.0 Å². The van der Waals surface area contributed by atoms with Gasteiger partial charge in [0.05, 0.1) is 18.9 Å². The van der Waals surface area contributed by atoms with Crippen LogP contribution in [0.25, 0.3) is 22.6 Å². The first-order valence-electron chi connectivity index (χ1n) is 12.2. The summed E-state index contributed by atoms with van der Waals surface area (Å²) in [6, 6.07) is 18.6. The maximum atomic E-state index is 12.8. The molecular weight excluding hydrogens is 486 g/mol. The van der Waals surface area contributed by atoms with E-state index in [2.05, 4.69) is 36.6 Å². The monoisotopic (exact) mass is 517 g/mol. The predicted octanol–water partition coefficient (Wildman–Crippen LogP) is 6.93. The molecule has 2 N–H and O–H groups in total. The van der Waals surface area contributed by atoms with Crippen molar-refractivity contribution >= 4 is 40.0 Å². The van der Waals surface area contributed by atoms with Gasteiger partial charge in [-0.1, -0.05) is 26.0 Å². The number of aromatic nitrogens is 1. The molecule has 0 saturated carbocycles. The molecule has 1 aromatic heterocycles. The minimum Gasteiger partial charge on any atom is -0.495 e. The molecule has 8 heteroatoms. The molecule has 7 nitrogen and oxygen atoms in total. The number of fused-ring (bicyclic) bond motifs is 1. The number of rotatable bonds is 8. The second-order valence-corrected chi connectivity index (χ2v) is 9.48. The number of benzene rings is 3. The number of hydrogen-bond acceptors (Lipinski definition) is 6. The molecule has 4 aromatic rings. The van der Waals surface area contributed by atoms with Crippen molar-refractivity contribution in [2.24, 2.45) is 0 Å². The third kappa shape index (κ3) is 6.27. The minimum atomic E-state index is -0.349. The van der Waals surface area contributed by atoms with Gasteiger partial charge in [0.1, 0.15) is 17.0 Å². The molecule has 0 unspecified atom stereocenters. The summed E-state index contributed by atoms with van der Waals surface area (Å²) in [4.78, 5) is 17.5. The Labute approximate surface area is 222 Å². The third-order valence-electron chi connectivity index (χ3n) is 5.98. The first kappa shape index (κ1) is 26.2. The van der Waals surface area contributed by atoms with Gasteiger partial charge in [0.15, 0.2) is 10.7 Å². The SMILES string of the molecule is CC[C@@H](C)c1ccc2oc(-c3ccc(OC)c(NC(=S)NC(=O)c4cccc(OC(C)C)c4)c3)nc2c1. The largest absolute Gasteiger partial charge is 0.495 e. The summed E-state index contributed by atoms with van der Waals surface area (Å²) in [7, 11) is 1.57. The summed E-state index contributed by atoms with van der Waals surface area (Å²) in [6.07, 6.45) is 1.06. The lowest BCUT2D eigenvalue weighted by atomic mass is 9.98. The normalized spacial score (nSPS) is 11.8. The van der Waals surface area contributed by atoms with Crippen LogP contribution in [0, 0.1) is 0 Å². The summed E-state index contributed by atoms with van der Waals surface area (Å²) in [5.41, 5.74) is 4.52. The number of thiocarbonyl (C=S) groups is 1. The van der Waals surface area contributed by atoms with E-state index >= 15 is 0 Å². The van der Waals surface area contributed by atoms with Gasteiger partial charge >= 0.3 is 0 Å². The molecule has 0 spiro atoms. The summed E-state index contributed by atoms with van der Waals surface area (Å²) >= 11 is 5.42. The van der Waals surface area contributed by atoms with Gasteiger partial charge < -0.3 is 19.2 Å². The number of oxazole rings is 1. The molecule has 0 fully saturated rings. The van der Waals surface area contributed by atoms with Gasteiger partial charge in [-0.3, -0.25) is 10.1 Å². The first-order valence-corrected chi connectivity index (χ1v) is 12.7. The van der Waals surface area contributed by atoms with E-state index in [1.54, 1.807) is 37.4 Å². The van der Waals surface area contributed by atoms with E-state index in [0.29, 0.717) is 34.6 Å². The number of carbonyl (C=O) groups is 1. The van der Waals surface area contributed by atoms with Crippen molar-refractivity contribution in [2.75, 3.05) is 12.4 Å². The van der Waals surface area contributed by atoms with Crippen LogP contribution in [0.2, 0.25) is 0 Å². The Hall–Kier alpha value is -3.91. The van der Waals surface area contributed by atoms with Gasteiger partial charge in [-0.15, -0.1) is 0 Å². The van der Waals surface area contributed by atoms with Crippen LogP contribution in [-0.2, 0) is 0 Å². The molecule has 0 bridgehead atoms. The molecular formula is C29H31N3O4S. The Bertz CT molecular complexity index is 1430. The van der Waals surface area contributed by atoms with Crippen molar-refractivity contribution in [3.63, 3.8) is 0 Å². The van der Waals surface area contributed by atoms with Crippen molar-refractivity contribution in [1.29, 1.82) is 0 Å². The maximum absolute atomic E-state index is 12.8. The van der Waals surface area contributed by atoms with E-state index < -0.39 is 0 Å².